The van der Waals surface area contributed by atoms with Crippen molar-refractivity contribution >= 4 is 16.7 Å². The van der Waals surface area contributed by atoms with Gasteiger partial charge in [0.1, 0.15) is 11.3 Å². The molecule has 0 saturated heterocycles. The Morgan fingerprint density at radius 1 is 1.47 bits per heavy atom. The van der Waals surface area contributed by atoms with E-state index in [0.29, 0.717) is 5.52 Å². The molecule has 0 aromatic carbocycles. The van der Waals surface area contributed by atoms with Crippen LogP contribution in [0.25, 0.3) is 10.9 Å². The molecule has 19 heavy (non-hydrogen) atoms. The van der Waals surface area contributed by atoms with E-state index in [0.717, 1.165) is 30.3 Å². The molecular formula is C15H18N2O2. The number of aromatic nitrogens is 2. The van der Waals surface area contributed by atoms with Gasteiger partial charge in [-0.2, -0.15) is 0 Å². The van der Waals surface area contributed by atoms with Gasteiger partial charge in [-0.25, -0.2) is 0 Å². The van der Waals surface area contributed by atoms with Crippen LogP contribution in [0.5, 0.6) is 0 Å². The highest BCUT2D eigenvalue weighted by Gasteiger charge is 2.28. The Balaban J connectivity index is 2.25. The number of hydrogen-bond acceptors (Lipinski definition) is 2. The normalized spacial score (nSPS) is 23.1. The molecule has 0 spiro atoms. The van der Waals surface area contributed by atoms with Crippen molar-refractivity contribution in [3.8, 4) is 0 Å². The second kappa shape index (κ2) is 4.37. The van der Waals surface area contributed by atoms with Crippen LogP contribution in [-0.2, 0) is 11.2 Å². The van der Waals surface area contributed by atoms with Crippen molar-refractivity contribution in [3.63, 3.8) is 0 Å². The lowest BCUT2D eigenvalue weighted by molar-refractivity contribution is -0.122. The number of hydrogen-bond donors (Lipinski definition) is 1. The average molecular weight is 258 g/mol. The van der Waals surface area contributed by atoms with Crippen LogP contribution >= 0.6 is 0 Å². The average Bonchev–Trinajstić information content (AvgIpc) is 2.75. The maximum Gasteiger partial charge on any atom is 0.275 e. The Hall–Kier alpha value is -1.84. The third-order valence-corrected chi connectivity index (χ3v) is 4.30. The van der Waals surface area contributed by atoms with E-state index in [9.17, 15) is 9.59 Å². The molecule has 3 heterocycles. The lowest BCUT2D eigenvalue weighted by Crippen LogP contribution is -2.31. The van der Waals surface area contributed by atoms with E-state index in [2.05, 4.69) is 11.1 Å². The highest BCUT2D eigenvalue weighted by molar-refractivity contribution is 5.80. The first-order valence-corrected chi connectivity index (χ1v) is 6.81. The van der Waals surface area contributed by atoms with Gasteiger partial charge in [-0.3, -0.25) is 9.59 Å². The maximum atomic E-state index is 12.6. The van der Waals surface area contributed by atoms with Gasteiger partial charge in [0.25, 0.3) is 5.56 Å². The predicted molar refractivity (Wildman–Crippen MR) is 74.4 cm³/mol. The number of carbonyl (C=O) groups excluding carboxylic acids is 1. The van der Waals surface area contributed by atoms with Gasteiger partial charge in [0.05, 0.1) is 0 Å². The fourth-order valence-corrected chi connectivity index (χ4v) is 3.29. The van der Waals surface area contributed by atoms with Gasteiger partial charge in [0.2, 0.25) is 0 Å². The molecule has 1 N–H and O–H groups in total. The molecule has 1 aliphatic heterocycles. The highest BCUT2D eigenvalue weighted by Crippen LogP contribution is 2.29. The Morgan fingerprint density at radius 2 is 2.26 bits per heavy atom. The molecular weight excluding hydrogens is 240 g/mol. The molecule has 2 aromatic rings. The number of aromatic amines is 1. The van der Waals surface area contributed by atoms with Gasteiger partial charge >= 0.3 is 0 Å². The summed E-state index contributed by atoms with van der Waals surface area (Å²) in [4.78, 5) is 27.4. The van der Waals surface area contributed by atoms with Crippen molar-refractivity contribution in [1.29, 1.82) is 0 Å². The zero-order valence-corrected chi connectivity index (χ0v) is 11.3. The largest absolute Gasteiger partial charge is 0.357 e. The number of nitrogens with zero attached hydrogens (tertiary/aromatic N) is 1. The van der Waals surface area contributed by atoms with Crippen molar-refractivity contribution in [1.82, 2.24) is 9.55 Å². The molecule has 0 radical (unpaired) electrons. The summed E-state index contributed by atoms with van der Waals surface area (Å²) < 4.78 is 1.82. The van der Waals surface area contributed by atoms with Crippen LogP contribution in [0, 0.1) is 5.92 Å². The smallest absolute Gasteiger partial charge is 0.275 e. The Kier molecular flexibility index (Phi) is 2.81. The summed E-state index contributed by atoms with van der Waals surface area (Å²) in [6.45, 7) is 3.61. The minimum absolute atomic E-state index is 0.00171. The van der Waals surface area contributed by atoms with Crippen molar-refractivity contribution in [3.05, 3.63) is 34.4 Å². The predicted octanol–water partition coefficient (Wildman–Crippen LogP) is 2.43. The van der Waals surface area contributed by atoms with Gasteiger partial charge in [-0.1, -0.05) is 0 Å². The highest BCUT2D eigenvalue weighted by atomic mass is 16.1. The third-order valence-electron chi connectivity index (χ3n) is 4.30. The van der Waals surface area contributed by atoms with Gasteiger partial charge < -0.3 is 9.55 Å². The zero-order chi connectivity index (χ0) is 13.6. The topological polar surface area (TPSA) is 54.9 Å². The molecule has 3 rings (SSSR count). The van der Waals surface area contributed by atoms with Crippen molar-refractivity contribution in [2.75, 3.05) is 0 Å². The number of carbonyl (C=O) groups is 1. The standard InChI is InChI=1S/C15H18N2O2/c1-9-13(10(2)18)5-3-4-12-8-11-6-7-16-14(11)15(19)17(9)12/h6-9,13,16H,3-5H2,1-2H3. The van der Waals surface area contributed by atoms with E-state index in [1.807, 2.05) is 17.6 Å². The lowest BCUT2D eigenvalue weighted by atomic mass is 9.92. The summed E-state index contributed by atoms with van der Waals surface area (Å²) in [5.41, 5.74) is 1.69. The molecule has 4 nitrogen and oxygen atoms in total. The van der Waals surface area contributed by atoms with E-state index in [1.54, 1.807) is 13.1 Å². The van der Waals surface area contributed by atoms with Crippen LogP contribution < -0.4 is 5.56 Å². The SMILES string of the molecule is CC(=O)C1CCCc2cc3cc[nH]c3c(=O)n2C1C. The zero-order valence-electron chi connectivity index (χ0n) is 11.3. The lowest BCUT2D eigenvalue weighted by Gasteiger charge is -2.22. The third kappa shape index (κ3) is 1.82. The molecule has 100 valence electrons. The summed E-state index contributed by atoms with van der Waals surface area (Å²) in [6.07, 6.45) is 4.49. The number of aryl methyl sites for hydroxylation is 1. The second-order valence-corrected chi connectivity index (χ2v) is 5.47. The van der Waals surface area contributed by atoms with Crippen molar-refractivity contribution in [2.24, 2.45) is 5.92 Å². The molecule has 4 heteroatoms. The molecule has 1 aliphatic rings. The number of ketones is 1. The summed E-state index contributed by atoms with van der Waals surface area (Å²) >= 11 is 0. The molecule has 2 atom stereocenters. The van der Waals surface area contributed by atoms with E-state index in [1.165, 1.54) is 0 Å². The Labute approximate surface area is 111 Å². The number of pyridine rings is 1. The second-order valence-electron chi connectivity index (χ2n) is 5.47. The molecule has 0 bridgehead atoms. The Bertz CT molecular complexity index is 696. The van der Waals surface area contributed by atoms with Gasteiger partial charge in [-0.15, -0.1) is 0 Å². The quantitative estimate of drug-likeness (QED) is 0.854. The van der Waals surface area contributed by atoms with Crippen LogP contribution in [0.2, 0.25) is 0 Å². The van der Waals surface area contributed by atoms with E-state index in [-0.39, 0.29) is 23.3 Å². The first-order valence-electron chi connectivity index (χ1n) is 6.81. The Morgan fingerprint density at radius 3 is 3.00 bits per heavy atom. The first-order chi connectivity index (χ1) is 9.09. The summed E-state index contributed by atoms with van der Waals surface area (Å²) in [7, 11) is 0. The first kappa shape index (κ1) is 12.2. The number of Topliss-reactive ketones (excluding diaryl/α,β-unsaturated/α-hetero) is 1. The van der Waals surface area contributed by atoms with Crippen molar-refractivity contribution in [2.45, 2.75) is 39.2 Å². The molecule has 0 fully saturated rings. The number of H-pyrrole nitrogens is 1. The van der Waals surface area contributed by atoms with Crippen LogP contribution in [0.15, 0.2) is 23.1 Å². The molecule has 2 aromatic heterocycles. The molecule has 0 aliphatic carbocycles. The van der Waals surface area contributed by atoms with Crippen LogP contribution in [-0.4, -0.2) is 15.3 Å². The molecule has 0 saturated carbocycles. The minimum Gasteiger partial charge on any atom is -0.357 e. The number of nitrogens with one attached hydrogen (secondary N) is 1. The minimum atomic E-state index is -0.0600. The summed E-state index contributed by atoms with van der Waals surface area (Å²) in [5.74, 6) is 0.130. The molecule has 0 amide bonds. The summed E-state index contributed by atoms with van der Waals surface area (Å²) in [6, 6.07) is 3.94. The van der Waals surface area contributed by atoms with Crippen molar-refractivity contribution < 1.29 is 4.79 Å². The number of rotatable bonds is 1. The van der Waals surface area contributed by atoms with Crippen LogP contribution in [0.1, 0.15) is 38.4 Å². The van der Waals surface area contributed by atoms with E-state index in [4.69, 9.17) is 0 Å². The maximum absolute atomic E-state index is 12.6. The van der Waals surface area contributed by atoms with Gasteiger partial charge in [-0.05, 0) is 45.2 Å². The van der Waals surface area contributed by atoms with Gasteiger partial charge in [0.15, 0.2) is 0 Å². The number of fused-ring (bicyclic) bond motifs is 2. The van der Waals surface area contributed by atoms with Gasteiger partial charge in [0, 0.05) is 29.2 Å². The fraction of sp³-hybridized carbons (Fsp3) is 0.467. The van der Waals surface area contributed by atoms with E-state index >= 15 is 0 Å². The van der Waals surface area contributed by atoms with Crippen LogP contribution in [0.4, 0.5) is 0 Å². The molecule has 2 unspecified atom stereocenters. The van der Waals surface area contributed by atoms with E-state index < -0.39 is 0 Å². The monoisotopic (exact) mass is 258 g/mol. The van der Waals surface area contributed by atoms with Crippen LogP contribution in [0.3, 0.4) is 0 Å². The summed E-state index contributed by atoms with van der Waals surface area (Å²) in [5, 5.41) is 0.963. The fourth-order valence-electron chi connectivity index (χ4n) is 3.29.